The molecule has 18 heteroatoms. The van der Waals surface area contributed by atoms with E-state index in [2.05, 4.69) is 20.5 Å². The Labute approximate surface area is 305 Å². The van der Waals surface area contributed by atoms with E-state index in [1.165, 1.54) is 61.7 Å². The van der Waals surface area contributed by atoms with Crippen LogP contribution in [-0.2, 0) is 20.2 Å². The quantitative estimate of drug-likeness (QED) is 0.140. The number of phenols is 2. The molecule has 2 N–H and O–H groups in total. The Balaban J connectivity index is 0.00000276. The number of phenolic OH excluding ortho intramolecular Hbond substituents is 2. The predicted octanol–water partition coefficient (Wildman–Crippen LogP) is 0.713. The molecule has 220 valence electrons. The molecular weight excluding hydrogens is 670 g/mol. The third-order valence-electron chi connectivity index (χ3n) is 6.24. The maximum atomic E-state index is 11.6. The zero-order valence-corrected chi connectivity index (χ0v) is 30.1. The first-order valence-corrected chi connectivity index (χ1v) is 15.1. The molecule has 0 aliphatic heterocycles. The summed E-state index contributed by atoms with van der Waals surface area (Å²) in [6.45, 7) is 0. The van der Waals surface area contributed by atoms with Gasteiger partial charge in [0.05, 0.1) is 21.9 Å². The van der Waals surface area contributed by atoms with Crippen LogP contribution in [0.2, 0.25) is 5.02 Å². The van der Waals surface area contributed by atoms with Gasteiger partial charge in [-0.25, -0.2) is 16.8 Å². The molecular formula is C27H17ClN4Na2O9S2. The number of fused-ring (bicyclic) bond motifs is 2. The topological polar surface area (TPSA) is 214 Å². The van der Waals surface area contributed by atoms with Crippen molar-refractivity contribution in [3.05, 3.63) is 77.8 Å². The minimum absolute atomic E-state index is 0. The number of aromatic hydroxyl groups is 2. The molecule has 5 rings (SSSR count). The number of azo groups is 2. The van der Waals surface area contributed by atoms with Crippen molar-refractivity contribution in [1.82, 2.24) is 0 Å². The molecule has 0 aromatic heterocycles. The molecule has 0 amide bonds. The molecule has 0 saturated carbocycles. The molecule has 0 unspecified atom stereocenters. The van der Waals surface area contributed by atoms with Crippen LogP contribution in [0.4, 0.5) is 22.7 Å². The van der Waals surface area contributed by atoms with Gasteiger partial charge in [0.15, 0.2) is 5.75 Å². The molecule has 5 aromatic rings. The van der Waals surface area contributed by atoms with Crippen LogP contribution >= 0.6 is 11.6 Å². The fourth-order valence-corrected chi connectivity index (χ4v) is 5.60. The summed E-state index contributed by atoms with van der Waals surface area (Å²) in [7, 11) is -8.13. The van der Waals surface area contributed by atoms with E-state index in [1.54, 1.807) is 0 Å². The van der Waals surface area contributed by atoms with Gasteiger partial charge < -0.3 is 24.1 Å². The van der Waals surface area contributed by atoms with Gasteiger partial charge in [-0.3, -0.25) is 0 Å². The van der Waals surface area contributed by atoms with Crippen LogP contribution in [0.15, 0.2) is 103 Å². The first-order chi connectivity index (χ1) is 20.3. The van der Waals surface area contributed by atoms with Crippen LogP contribution in [0.3, 0.4) is 0 Å². The maximum Gasteiger partial charge on any atom is 1.00 e. The first-order valence-electron chi connectivity index (χ1n) is 11.9. The first kappa shape index (κ1) is 36.8. The fraction of sp³-hybridized carbons (Fsp3) is 0.0370. The smallest absolute Gasteiger partial charge is 0.744 e. The molecule has 0 atom stereocenters. The molecule has 0 aliphatic rings. The molecule has 5 aromatic carbocycles. The van der Waals surface area contributed by atoms with E-state index in [-0.39, 0.29) is 109 Å². The molecule has 0 heterocycles. The van der Waals surface area contributed by atoms with Crippen molar-refractivity contribution in [2.45, 2.75) is 9.79 Å². The third-order valence-corrected chi connectivity index (χ3v) is 8.27. The van der Waals surface area contributed by atoms with Gasteiger partial charge in [0.25, 0.3) is 0 Å². The molecule has 0 radical (unpaired) electrons. The third kappa shape index (κ3) is 7.84. The van der Waals surface area contributed by atoms with E-state index in [0.29, 0.717) is 10.8 Å². The Morgan fingerprint density at radius 2 is 1.38 bits per heavy atom. The maximum absolute atomic E-state index is 11.6. The Kier molecular flexibility index (Phi) is 11.8. The second-order valence-electron chi connectivity index (χ2n) is 8.88. The second kappa shape index (κ2) is 14.4. The minimum Gasteiger partial charge on any atom is -0.744 e. The summed E-state index contributed by atoms with van der Waals surface area (Å²) in [5.41, 5.74) is 0.189. The van der Waals surface area contributed by atoms with Crippen LogP contribution in [0, 0.1) is 0 Å². The Morgan fingerprint density at radius 1 is 0.711 bits per heavy atom. The fourth-order valence-electron chi connectivity index (χ4n) is 4.20. The summed E-state index contributed by atoms with van der Waals surface area (Å²) >= 11 is 6.39. The number of nitrogens with zero attached hydrogens (tertiary/aromatic N) is 4. The van der Waals surface area contributed by atoms with Gasteiger partial charge in [-0.05, 0) is 41.8 Å². The largest absolute Gasteiger partial charge is 1.00 e. The molecule has 0 aliphatic carbocycles. The van der Waals surface area contributed by atoms with Crippen molar-refractivity contribution in [1.29, 1.82) is 0 Å². The zero-order valence-electron chi connectivity index (χ0n) is 23.7. The SMILES string of the molecule is COc1cc(N=Nc2c(O)ccc3cc(S(=O)(=O)[O-])ccc23)c(Cl)cc1N=Nc1ccc2c(S(=O)(=O)[O-])cccc2c1O.[Na+].[Na+]. The van der Waals surface area contributed by atoms with E-state index in [4.69, 9.17) is 16.3 Å². The van der Waals surface area contributed by atoms with E-state index >= 15 is 0 Å². The van der Waals surface area contributed by atoms with Gasteiger partial charge in [-0.15, -0.1) is 20.5 Å². The monoisotopic (exact) mass is 686 g/mol. The minimum atomic E-state index is -4.79. The second-order valence-corrected chi connectivity index (χ2v) is 12.0. The van der Waals surface area contributed by atoms with E-state index in [1.807, 2.05) is 0 Å². The molecule has 13 nitrogen and oxygen atoms in total. The summed E-state index contributed by atoms with van der Waals surface area (Å²) in [6.07, 6.45) is 0. The van der Waals surface area contributed by atoms with Crippen LogP contribution in [0.25, 0.3) is 21.5 Å². The number of ether oxygens (including phenoxy) is 1. The number of halogens is 1. The van der Waals surface area contributed by atoms with E-state index in [9.17, 15) is 36.2 Å². The van der Waals surface area contributed by atoms with Gasteiger partial charge in [-0.2, -0.15) is 0 Å². The molecule has 45 heavy (non-hydrogen) atoms. The van der Waals surface area contributed by atoms with Crippen molar-refractivity contribution in [2.75, 3.05) is 7.11 Å². The standard InChI is InChI=1S/C27H19ClN4O9S2.2Na/c1-41-24-13-21(30-32-26-16-7-6-15(42(35,36)37)11-14(16)5-10-23(26)33)19(28)12-22(24)31-29-20-9-8-17-18(27(20)34)3-2-4-25(17)43(38,39)40;;/h2-13,33-34H,1H3,(H,35,36,37)(H,38,39,40);;/q;2*+1/p-2. The summed E-state index contributed by atoms with van der Waals surface area (Å²) in [6, 6.07) is 15.5. The number of methoxy groups -OCH3 is 1. The Hall–Kier alpha value is -2.67. The van der Waals surface area contributed by atoms with Crippen LogP contribution in [-0.4, -0.2) is 43.3 Å². The summed E-state index contributed by atoms with van der Waals surface area (Å²) in [5, 5.41) is 38.1. The Morgan fingerprint density at radius 3 is 2.04 bits per heavy atom. The summed E-state index contributed by atoms with van der Waals surface area (Å²) < 4.78 is 74.2. The zero-order chi connectivity index (χ0) is 31.1. The molecule has 0 fully saturated rings. The van der Waals surface area contributed by atoms with Crippen molar-refractivity contribution >= 4 is 76.1 Å². The van der Waals surface area contributed by atoms with Gasteiger partial charge in [0.2, 0.25) is 0 Å². The van der Waals surface area contributed by atoms with Crippen molar-refractivity contribution in [3.63, 3.8) is 0 Å². The molecule has 0 bridgehead atoms. The van der Waals surface area contributed by atoms with E-state index < -0.39 is 35.8 Å². The predicted molar refractivity (Wildman–Crippen MR) is 154 cm³/mol. The van der Waals surface area contributed by atoms with Crippen molar-refractivity contribution in [2.24, 2.45) is 20.5 Å². The van der Waals surface area contributed by atoms with Gasteiger partial charge in [0.1, 0.15) is 54.5 Å². The number of hydrogen-bond acceptors (Lipinski definition) is 13. The van der Waals surface area contributed by atoms with Crippen molar-refractivity contribution < 1.29 is 100 Å². The van der Waals surface area contributed by atoms with Gasteiger partial charge >= 0.3 is 59.1 Å². The van der Waals surface area contributed by atoms with Crippen LogP contribution in [0.5, 0.6) is 17.2 Å². The number of hydrogen-bond donors (Lipinski definition) is 2. The van der Waals surface area contributed by atoms with Gasteiger partial charge in [0, 0.05) is 22.2 Å². The number of benzene rings is 5. The van der Waals surface area contributed by atoms with Crippen LogP contribution in [0.1, 0.15) is 0 Å². The summed E-state index contributed by atoms with van der Waals surface area (Å²) in [5.74, 6) is -0.524. The van der Waals surface area contributed by atoms with Gasteiger partial charge in [-0.1, -0.05) is 41.9 Å². The average Bonchev–Trinajstić information content (AvgIpc) is 2.95. The summed E-state index contributed by atoms with van der Waals surface area (Å²) in [4.78, 5) is -0.928. The average molecular weight is 687 g/mol. The molecule has 0 saturated heterocycles. The van der Waals surface area contributed by atoms with E-state index in [0.717, 1.165) is 18.2 Å². The van der Waals surface area contributed by atoms with Crippen molar-refractivity contribution in [3.8, 4) is 17.2 Å². The van der Waals surface area contributed by atoms with Crippen LogP contribution < -0.4 is 63.9 Å². The molecule has 0 spiro atoms. The number of rotatable bonds is 7. The normalized spacial score (nSPS) is 12.0. The Bertz CT molecular complexity index is 2230.